The van der Waals surface area contributed by atoms with Gasteiger partial charge < -0.3 is 22.9 Å². The molecule has 0 amide bonds. The van der Waals surface area contributed by atoms with Gasteiger partial charge in [0, 0.05) is 5.70 Å². The number of hydrogen-bond acceptors (Lipinski definition) is 5. The molecule has 1 aromatic heterocycles. The van der Waals surface area contributed by atoms with Gasteiger partial charge in [-0.1, -0.05) is 18.2 Å². The Morgan fingerprint density at radius 3 is 1.72 bits per heavy atom. The molecular formula is C13H25N5. The van der Waals surface area contributed by atoms with E-state index >= 15 is 0 Å². The summed E-state index contributed by atoms with van der Waals surface area (Å²) in [6.07, 6.45) is 5.86. The first-order chi connectivity index (χ1) is 8.38. The molecule has 18 heavy (non-hydrogen) atoms. The molecule has 0 aliphatic rings. The molecule has 0 atom stereocenters. The Hall–Kier alpha value is -2.17. The van der Waals surface area contributed by atoms with Crippen LogP contribution in [0.25, 0.3) is 0 Å². The summed E-state index contributed by atoms with van der Waals surface area (Å²) >= 11 is 0. The molecule has 102 valence electrons. The first-order valence-corrected chi connectivity index (χ1v) is 5.62. The highest BCUT2D eigenvalue weighted by Gasteiger charge is 1.92. The first kappa shape index (κ1) is 18.2. The van der Waals surface area contributed by atoms with Crippen molar-refractivity contribution in [2.75, 3.05) is 17.2 Å². The molecule has 0 unspecified atom stereocenters. The van der Waals surface area contributed by atoms with Gasteiger partial charge in [-0.15, -0.1) is 0 Å². The fourth-order valence-corrected chi connectivity index (χ4v) is 0.501. The number of pyridine rings is 1. The fourth-order valence-electron chi connectivity index (χ4n) is 0.501. The maximum atomic E-state index is 5.35. The highest BCUT2D eigenvalue weighted by atomic mass is 14.9. The van der Waals surface area contributed by atoms with Gasteiger partial charge in [0.1, 0.15) is 11.6 Å². The van der Waals surface area contributed by atoms with Crippen LogP contribution in [-0.4, -0.2) is 4.98 Å². The Labute approximate surface area is 110 Å². The molecule has 5 nitrogen and oxygen atoms in total. The number of rotatable bonds is 0. The van der Waals surface area contributed by atoms with Gasteiger partial charge in [0.05, 0.1) is 5.69 Å². The zero-order valence-electron chi connectivity index (χ0n) is 11.6. The van der Waals surface area contributed by atoms with Crippen LogP contribution >= 0.6 is 0 Å². The van der Waals surface area contributed by atoms with Crippen molar-refractivity contribution < 1.29 is 0 Å². The molecule has 5 heteroatoms. The number of nitrogens with two attached hydrogens (primary N) is 4. The van der Waals surface area contributed by atoms with Crippen molar-refractivity contribution in [2.45, 2.75) is 27.7 Å². The van der Waals surface area contributed by atoms with Gasteiger partial charge in [-0.25, -0.2) is 4.98 Å². The molecule has 0 saturated heterocycles. The smallest absolute Gasteiger partial charge is 0.149 e. The molecule has 0 aliphatic carbocycles. The average Bonchev–Trinajstić information content (AvgIpc) is 2.35. The van der Waals surface area contributed by atoms with Gasteiger partial charge in [0.15, 0.2) is 0 Å². The topological polar surface area (TPSA) is 117 Å². The molecule has 1 rings (SSSR count). The standard InChI is InChI=1S/C5H8N4.C4H9N.C4H8/c6-3-1-2-4(7)9-5(3)8;1-3-4(2)5;1-3-4-2/h1-2H,6H2,(H4,7,8,9);3H,5H2,1-2H3;3-4H,1-2H3/b;4-3+;4-3-. The van der Waals surface area contributed by atoms with Crippen molar-refractivity contribution in [2.24, 2.45) is 5.73 Å². The van der Waals surface area contributed by atoms with Crippen LogP contribution in [0.15, 0.2) is 36.1 Å². The highest BCUT2D eigenvalue weighted by molar-refractivity contribution is 5.60. The lowest BCUT2D eigenvalue weighted by molar-refractivity contribution is 1.29. The van der Waals surface area contributed by atoms with E-state index in [4.69, 9.17) is 22.9 Å². The number of nitrogen functional groups attached to an aromatic ring is 3. The van der Waals surface area contributed by atoms with Gasteiger partial charge in [0.2, 0.25) is 0 Å². The number of nitrogens with zero attached hydrogens (tertiary/aromatic N) is 1. The van der Waals surface area contributed by atoms with E-state index in [1.807, 2.05) is 45.9 Å². The van der Waals surface area contributed by atoms with Crippen LogP contribution in [0, 0.1) is 0 Å². The molecule has 0 saturated carbocycles. The van der Waals surface area contributed by atoms with Crippen LogP contribution in [0.4, 0.5) is 17.3 Å². The molecular weight excluding hydrogens is 226 g/mol. The second kappa shape index (κ2) is 11.3. The van der Waals surface area contributed by atoms with Crippen molar-refractivity contribution in [3.63, 3.8) is 0 Å². The van der Waals surface area contributed by atoms with E-state index in [1.54, 1.807) is 12.1 Å². The lowest BCUT2D eigenvalue weighted by atomic mass is 10.4. The molecule has 0 spiro atoms. The van der Waals surface area contributed by atoms with Gasteiger partial charge in [0.25, 0.3) is 0 Å². The lowest BCUT2D eigenvalue weighted by Gasteiger charge is -1.97. The minimum absolute atomic E-state index is 0.287. The average molecular weight is 251 g/mol. The minimum atomic E-state index is 0.287. The van der Waals surface area contributed by atoms with Crippen LogP contribution in [0.2, 0.25) is 0 Å². The minimum Gasteiger partial charge on any atom is -0.403 e. The van der Waals surface area contributed by atoms with E-state index < -0.39 is 0 Å². The zero-order chi connectivity index (χ0) is 14.6. The summed E-state index contributed by atoms with van der Waals surface area (Å²) in [6.45, 7) is 7.77. The molecule has 0 aliphatic heterocycles. The quantitative estimate of drug-likeness (QED) is 0.528. The predicted molar refractivity (Wildman–Crippen MR) is 81.6 cm³/mol. The van der Waals surface area contributed by atoms with E-state index in [-0.39, 0.29) is 5.82 Å². The molecule has 0 fully saturated rings. The largest absolute Gasteiger partial charge is 0.403 e. The maximum absolute atomic E-state index is 5.35. The summed E-state index contributed by atoms with van der Waals surface area (Å²) in [5.41, 5.74) is 22.4. The third-order valence-corrected chi connectivity index (χ3v) is 1.77. The van der Waals surface area contributed by atoms with Gasteiger partial charge in [-0.05, 0) is 39.8 Å². The van der Waals surface area contributed by atoms with E-state index in [2.05, 4.69) is 4.98 Å². The molecule has 1 aromatic rings. The molecule has 0 bridgehead atoms. The van der Waals surface area contributed by atoms with Crippen molar-refractivity contribution in [1.29, 1.82) is 0 Å². The molecule has 8 N–H and O–H groups in total. The Morgan fingerprint density at radius 1 is 1.06 bits per heavy atom. The van der Waals surface area contributed by atoms with Crippen LogP contribution in [0.1, 0.15) is 27.7 Å². The highest BCUT2D eigenvalue weighted by Crippen LogP contribution is 2.11. The summed E-state index contributed by atoms with van der Waals surface area (Å²) in [5.74, 6) is 0.678. The second-order valence-electron chi connectivity index (χ2n) is 3.41. The summed E-state index contributed by atoms with van der Waals surface area (Å²) in [7, 11) is 0. The Kier molecular flexibility index (Phi) is 11.4. The summed E-state index contributed by atoms with van der Waals surface area (Å²) < 4.78 is 0. The number of anilines is 3. The molecule has 1 heterocycles. The van der Waals surface area contributed by atoms with Crippen molar-refractivity contribution in [1.82, 2.24) is 4.98 Å². The van der Waals surface area contributed by atoms with Crippen LogP contribution in [-0.2, 0) is 0 Å². The number of hydrogen-bond donors (Lipinski definition) is 4. The van der Waals surface area contributed by atoms with E-state index in [9.17, 15) is 0 Å². The normalized spacial score (nSPS) is 10.1. The SMILES string of the molecule is C/C=C(\C)N.C/C=C\C.Nc1ccc(N)c(N)n1. The van der Waals surface area contributed by atoms with Crippen LogP contribution < -0.4 is 22.9 Å². The van der Waals surface area contributed by atoms with Crippen molar-refractivity contribution in [3.05, 3.63) is 36.1 Å². The van der Waals surface area contributed by atoms with Crippen LogP contribution in [0.3, 0.4) is 0 Å². The van der Waals surface area contributed by atoms with Crippen LogP contribution in [0.5, 0.6) is 0 Å². The first-order valence-electron chi connectivity index (χ1n) is 5.62. The maximum Gasteiger partial charge on any atom is 0.149 e. The summed E-state index contributed by atoms with van der Waals surface area (Å²) in [4.78, 5) is 3.70. The Bertz CT molecular complexity index is 375. The predicted octanol–water partition coefficient (Wildman–Crippen LogP) is 2.28. The third-order valence-electron chi connectivity index (χ3n) is 1.77. The second-order valence-corrected chi connectivity index (χ2v) is 3.41. The van der Waals surface area contributed by atoms with Gasteiger partial charge in [-0.3, -0.25) is 0 Å². The molecule has 0 aromatic carbocycles. The lowest BCUT2D eigenvalue weighted by Crippen LogP contribution is -1.99. The summed E-state index contributed by atoms with van der Waals surface area (Å²) in [6, 6.07) is 3.23. The van der Waals surface area contributed by atoms with Gasteiger partial charge >= 0.3 is 0 Å². The number of allylic oxidation sites excluding steroid dienone is 4. The van der Waals surface area contributed by atoms with Gasteiger partial charge in [-0.2, -0.15) is 0 Å². The Morgan fingerprint density at radius 2 is 1.50 bits per heavy atom. The monoisotopic (exact) mass is 251 g/mol. The third kappa shape index (κ3) is 11.9. The van der Waals surface area contributed by atoms with E-state index in [1.165, 1.54) is 0 Å². The molecule has 0 radical (unpaired) electrons. The van der Waals surface area contributed by atoms with E-state index in [0.717, 1.165) is 5.70 Å². The van der Waals surface area contributed by atoms with Crippen molar-refractivity contribution in [3.8, 4) is 0 Å². The zero-order valence-corrected chi connectivity index (χ0v) is 11.6. The van der Waals surface area contributed by atoms with E-state index in [0.29, 0.717) is 11.5 Å². The Balaban J connectivity index is 0. The van der Waals surface area contributed by atoms with Crippen molar-refractivity contribution >= 4 is 17.3 Å². The fraction of sp³-hybridized carbons (Fsp3) is 0.308. The summed E-state index contributed by atoms with van der Waals surface area (Å²) in [5, 5.41) is 0. The number of aromatic nitrogens is 1.